The van der Waals surface area contributed by atoms with E-state index in [0.29, 0.717) is 6.79 Å². The van der Waals surface area contributed by atoms with Crippen molar-refractivity contribution in [2.24, 2.45) is 0 Å². The first-order valence-corrected chi connectivity index (χ1v) is 6.90. The number of aromatic nitrogens is 2. The lowest BCUT2D eigenvalue weighted by Crippen LogP contribution is -2.27. The summed E-state index contributed by atoms with van der Waals surface area (Å²) in [7, 11) is 0. The number of hydrogen-bond acceptors (Lipinski definition) is 4. The second-order valence-corrected chi connectivity index (χ2v) is 5.67. The highest BCUT2D eigenvalue weighted by atomic mass is 16.7. The number of benzene rings is 1. The predicted octanol–water partition coefficient (Wildman–Crippen LogP) is 1.85. The fraction of sp³-hybridized carbons (Fsp3) is 0.400. The van der Waals surface area contributed by atoms with E-state index in [0.717, 1.165) is 36.7 Å². The van der Waals surface area contributed by atoms with Crippen LogP contribution in [0.1, 0.15) is 19.0 Å². The molecule has 1 atom stereocenters. The van der Waals surface area contributed by atoms with Gasteiger partial charge in [0.25, 0.3) is 0 Å². The first-order valence-electron chi connectivity index (χ1n) is 6.90. The third-order valence-electron chi connectivity index (χ3n) is 4.26. The lowest BCUT2D eigenvalue weighted by atomic mass is 9.86. The van der Waals surface area contributed by atoms with E-state index < -0.39 is 0 Å². The van der Waals surface area contributed by atoms with Crippen LogP contribution in [0, 0.1) is 0 Å². The Morgan fingerprint density at radius 2 is 2.20 bits per heavy atom. The molecule has 1 saturated heterocycles. The zero-order chi connectivity index (χ0) is 13.6. The minimum atomic E-state index is 0.132. The van der Waals surface area contributed by atoms with Crippen LogP contribution in [-0.4, -0.2) is 29.4 Å². The Morgan fingerprint density at radius 1 is 1.30 bits per heavy atom. The molecule has 1 aromatic heterocycles. The third kappa shape index (κ3) is 1.70. The number of hydrogen-bond donors (Lipinski definition) is 1. The molecule has 1 unspecified atom stereocenters. The summed E-state index contributed by atoms with van der Waals surface area (Å²) in [6.45, 7) is 4.64. The monoisotopic (exact) mass is 271 g/mol. The molecular weight excluding hydrogens is 254 g/mol. The van der Waals surface area contributed by atoms with Gasteiger partial charge in [0.15, 0.2) is 11.5 Å². The molecular formula is C15H17N3O2. The second-order valence-electron chi connectivity index (χ2n) is 5.67. The molecule has 0 bridgehead atoms. The van der Waals surface area contributed by atoms with E-state index in [4.69, 9.17) is 9.47 Å². The van der Waals surface area contributed by atoms with Crippen LogP contribution in [0.4, 0.5) is 0 Å². The smallest absolute Gasteiger partial charge is 0.231 e. The number of nitrogens with one attached hydrogen (secondary N) is 1. The molecule has 2 aliphatic heterocycles. The molecule has 5 heteroatoms. The average Bonchev–Trinajstić information content (AvgIpc) is 3.18. The molecule has 0 spiro atoms. The number of rotatable bonds is 2. The fourth-order valence-electron chi connectivity index (χ4n) is 3.02. The van der Waals surface area contributed by atoms with Crippen molar-refractivity contribution >= 4 is 0 Å². The average molecular weight is 271 g/mol. The molecule has 1 N–H and O–H groups in total. The van der Waals surface area contributed by atoms with E-state index in [1.165, 1.54) is 5.69 Å². The van der Waals surface area contributed by atoms with Gasteiger partial charge < -0.3 is 19.4 Å². The van der Waals surface area contributed by atoms with Gasteiger partial charge in [0.1, 0.15) is 0 Å². The number of fused-ring (bicyclic) bond motifs is 1. The summed E-state index contributed by atoms with van der Waals surface area (Å²) < 4.78 is 13.0. The predicted molar refractivity (Wildman–Crippen MR) is 74.5 cm³/mol. The van der Waals surface area contributed by atoms with Crippen molar-refractivity contribution in [1.82, 2.24) is 14.9 Å². The van der Waals surface area contributed by atoms with Crippen LogP contribution >= 0.6 is 0 Å². The van der Waals surface area contributed by atoms with Crippen LogP contribution in [0.25, 0.3) is 5.69 Å². The summed E-state index contributed by atoms with van der Waals surface area (Å²) >= 11 is 0. The van der Waals surface area contributed by atoms with Gasteiger partial charge in [-0.25, -0.2) is 4.98 Å². The van der Waals surface area contributed by atoms with Crippen molar-refractivity contribution < 1.29 is 9.47 Å². The highest BCUT2D eigenvalue weighted by molar-refractivity contribution is 5.51. The molecule has 1 aromatic carbocycles. The van der Waals surface area contributed by atoms with E-state index in [1.54, 1.807) is 0 Å². The first kappa shape index (κ1) is 11.8. The van der Waals surface area contributed by atoms with E-state index in [-0.39, 0.29) is 5.41 Å². The maximum Gasteiger partial charge on any atom is 0.231 e. The number of nitrogens with zero attached hydrogens (tertiary/aromatic N) is 2. The topological polar surface area (TPSA) is 48.3 Å². The van der Waals surface area contributed by atoms with Gasteiger partial charge in [-0.3, -0.25) is 0 Å². The van der Waals surface area contributed by atoms with Gasteiger partial charge in [-0.05, 0) is 25.1 Å². The van der Waals surface area contributed by atoms with Crippen LogP contribution < -0.4 is 14.8 Å². The lowest BCUT2D eigenvalue weighted by Gasteiger charge is -2.24. The van der Waals surface area contributed by atoms with Crippen LogP contribution in [-0.2, 0) is 5.41 Å². The Hall–Kier alpha value is -2.01. The normalized spacial score (nSPS) is 24.2. The Morgan fingerprint density at radius 3 is 3.05 bits per heavy atom. The molecule has 5 nitrogen and oxygen atoms in total. The maximum absolute atomic E-state index is 5.46. The molecule has 104 valence electrons. The third-order valence-corrected chi connectivity index (χ3v) is 4.26. The van der Waals surface area contributed by atoms with Crippen molar-refractivity contribution in [3.8, 4) is 17.2 Å². The fourth-order valence-corrected chi connectivity index (χ4v) is 3.02. The van der Waals surface area contributed by atoms with Gasteiger partial charge in [0.2, 0.25) is 6.79 Å². The quantitative estimate of drug-likeness (QED) is 0.905. The zero-order valence-electron chi connectivity index (χ0n) is 11.4. The zero-order valence-corrected chi connectivity index (χ0v) is 11.4. The summed E-state index contributed by atoms with van der Waals surface area (Å²) in [6, 6.07) is 6.01. The van der Waals surface area contributed by atoms with Crippen molar-refractivity contribution in [3.63, 3.8) is 0 Å². The van der Waals surface area contributed by atoms with Gasteiger partial charge in [-0.1, -0.05) is 6.92 Å². The summed E-state index contributed by atoms with van der Waals surface area (Å²) in [5, 5.41) is 3.44. The molecule has 3 heterocycles. The summed E-state index contributed by atoms with van der Waals surface area (Å²) in [4.78, 5) is 4.34. The molecule has 4 rings (SSSR count). The first-order chi connectivity index (χ1) is 9.76. The Kier molecular flexibility index (Phi) is 2.50. The molecule has 2 aromatic rings. The minimum Gasteiger partial charge on any atom is -0.454 e. The van der Waals surface area contributed by atoms with Gasteiger partial charge in [-0.2, -0.15) is 0 Å². The van der Waals surface area contributed by atoms with E-state index in [9.17, 15) is 0 Å². The van der Waals surface area contributed by atoms with E-state index in [1.807, 2.05) is 30.7 Å². The molecule has 0 aliphatic carbocycles. The summed E-state index contributed by atoms with van der Waals surface area (Å²) in [6.07, 6.45) is 4.97. The molecule has 2 aliphatic rings. The van der Waals surface area contributed by atoms with Crippen LogP contribution in [0.5, 0.6) is 11.5 Å². The SMILES string of the molecule is CC1(c2cncn2-c2ccc3c(c2)OCO3)CCNC1. The molecule has 0 amide bonds. The maximum atomic E-state index is 5.46. The highest BCUT2D eigenvalue weighted by Gasteiger charge is 2.33. The van der Waals surface area contributed by atoms with Crippen molar-refractivity contribution in [1.29, 1.82) is 0 Å². The standard InChI is InChI=1S/C15H17N3O2/c1-15(4-5-16-8-15)14-7-17-9-18(14)11-2-3-12-13(6-11)20-10-19-12/h2-3,6-7,9,16H,4-5,8,10H2,1H3. The van der Waals surface area contributed by atoms with E-state index in [2.05, 4.69) is 21.8 Å². The number of imidazole rings is 1. The van der Waals surface area contributed by atoms with Crippen molar-refractivity contribution in [3.05, 3.63) is 36.4 Å². The van der Waals surface area contributed by atoms with Gasteiger partial charge in [-0.15, -0.1) is 0 Å². The molecule has 1 fully saturated rings. The van der Waals surface area contributed by atoms with Gasteiger partial charge >= 0.3 is 0 Å². The van der Waals surface area contributed by atoms with Crippen LogP contribution in [0.15, 0.2) is 30.7 Å². The van der Waals surface area contributed by atoms with Crippen LogP contribution in [0.3, 0.4) is 0 Å². The van der Waals surface area contributed by atoms with Crippen molar-refractivity contribution in [2.45, 2.75) is 18.8 Å². The van der Waals surface area contributed by atoms with E-state index >= 15 is 0 Å². The Balaban J connectivity index is 1.78. The molecule has 0 radical (unpaired) electrons. The van der Waals surface area contributed by atoms with Gasteiger partial charge in [0.05, 0.1) is 12.0 Å². The lowest BCUT2D eigenvalue weighted by molar-refractivity contribution is 0.174. The van der Waals surface area contributed by atoms with Gasteiger partial charge in [0, 0.05) is 29.9 Å². The molecule has 20 heavy (non-hydrogen) atoms. The Labute approximate surface area is 117 Å². The van der Waals surface area contributed by atoms with Crippen molar-refractivity contribution in [2.75, 3.05) is 19.9 Å². The largest absolute Gasteiger partial charge is 0.454 e. The highest BCUT2D eigenvalue weighted by Crippen LogP contribution is 2.36. The summed E-state index contributed by atoms with van der Waals surface area (Å²) in [5.41, 5.74) is 2.43. The second kappa shape index (κ2) is 4.24. The summed E-state index contributed by atoms with van der Waals surface area (Å²) in [5.74, 6) is 1.61. The minimum absolute atomic E-state index is 0.132. The number of ether oxygens (including phenoxy) is 2. The Bertz CT molecular complexity index is 644. The van der Waals surface area contributed by atoms with Crippen LogP contribution in [0.2, 0.25) is 0 Å². The molecule has 0 saturated carbocycles.